The molecule has 22 heavy (non-hydrogen) atoms. The van der Waals surface area contributed by atoms with Gasteiger partial charge in [0.2, 0.25) is 0 Å². The molecule has 0 aliphatic heterocycles. The van der Waals surface area contributed by atoms with Crippen molar-refractivity contribution >= 4 is 0 Å². The predicted octanol–water partition coefficient (Wildman–Crippen LogP) is 4.03. The maximum atomic E-state index is 9.20. The Morgan fingerprint density at radius 2 is 1.86 bits per heavy atom. The average Bonchev–Trinajstić information content (AvgIpc) is 3.02. The maximum absolute atomic E-state index is 9.20. The monoisotopic (exact) mass is 287 g/mol. The van der Waals surface area contributed by atoms with Gasteiger partial charge in [-0.25, -0.2) is 4.98 Å². The molecule has 0 atom stereocenters. The first-order valence-corrected chi connectivity index (χ1v) is 7.40. The molecule has 2 aromatic carbocycles. The van der Waals surface area contributed by atoms with Crippen molar-refractivity contribution in [1.82, 2.24) is 9.55 Å². The molecule has 3 aromatic rings. The number of nitrogens with zero attached hydrogens (tertiary/aromatic N) is 3. The largest absolute Gasteiger partial charge is 0.331 e. The second-order valence-electron chi connectivity index (χ2n) is 5.18. The SMILES string of the molecule is CCc1nccn1Cc1ccc(-c2ccccc2C#N)cc1. The molecule has 3 nitrogen and oxygen atoms in total. The number of aromatic nitrogens is 2. The van der Waals surface area contributed by atoms with Crippen molar-refractivity contribution in [3.05, 3.63) is 77.9 Å². The zero-order valence-electron chi connectivity index (χ0n) is 12.5. The fourth-order valence-corrected chi connectivity index (χ4v) is 2.62. The normalized spacial score (nSPS) is 10.4. The molecule has 1 heterocycles. The number of imidazole rings is 1. The Bertz CT molecular complexity index is 807. The molecule has 108 valence electrons. The van der Waals surface area contributed by atoms with E-state index in [0.29, 0.717) is 5.56 Å². The average molecular weight is 287 g/mol. The van der Waals surface area contributed by atoms with E-state index in [4.69, 9.17) is 0 Å². The van der Waals surface area contributed by atoms with Crippen LogP contribution in [0.25, 0.3) is 11.1 Å². The summed E-state index contributed by atoms with van der Waals surface area (Å²) in [5.74, 6) is 1.10. The summed E-state index contributed by atoms with van der Waals surface area (Å²) in [5.41, 5.74) is 3.99. The van der Waals surface area contributed by atoms with Crippen molar-refractivity contribution in [3.8, 4) is 17.2 Å². The third-order valence-electron chi connectivity index (χ3n) is 3.78. The minimum Gasteiger partial charge on any atom is -0.331 e. The molecular weight excluding hydrogens is 270 g/mol. The van der Waals surface area contributed by atoms with Crippen LogP contribution in [0, 0.1) is 11.3 Å². The van der Waals surface area contributed by atoms with Gasteiger partial charge in [0.25, 0.3) is 0 Å². The van der Waals surface area contributed by atoms with Crippen molar-refractivity contribution in [2.24, 2.45) is 0 Å². The lowest BCUT2D eigenvalue weighted by Gasteiger charge is -2.08. The summed E-state index contributed by atoms with van der Waals surface area (Å²) in [6.07, 6.45) is 4.79. The summed E-state index contributed by atoms with van der Waals surface area (Å²) in [7, 11) is 0. The van der Waals surface area contributed by atoms with Crippen LogP contribution in [0.4, 0.5) is 0 Å². The number of hydrogen-bond acceptors (Lipinski definition) is 2. The lowest BCUT2D eigenvalue weighted by Crippen LogP contribution is -2.03. The van der Waals surface area contributed by atoms with Crippen LogP contribution in [0.5, 0.6) is 0 Å². The maximum Gasteiger partial charge on any atom is 0.108 e. The third kappa shape index (κ3) is 2.77. The summed E-state index contributed by atoms with van der Waals surface area (Å²) < 4.78 is 2.16. The van der Waals surface area contributed by atoms with E-state index in [-0.39, 0.29) is 0 Å². The molecule has 0 aliphatic carbocycles. The standard InChI is InChI=1S/C19H17N3/c1-2-19-21-11-12-22(19)14-15-7-9-16(10-8-15)18-6-4-3-5-17(18)13-20/h3-12H,2,14H2,1H3. The fourth-order valence-electron chi connectivity index (χ4n) is 2.62. The first kappa shape index (κ1) is 14.1. The van der Waals surface area contributed by atoms with E-state index < -0.39 is 0 Å². The molecule has 0 unspecified atom stereocenters. The van der Waals surface area contributed by atoms with Crippen LogP contribution in [0.15, 0.2) is 60.9 Å². The van der Waals surface area contributed by atoms with Gasteiger partial charge < -0.3 is 4.57 Å². The van der Waals surface area contributed by atoms with E-state index >= 15 is 0 Å². The number of aryl methyl sites for hydroxylation is 1. The molecule has 0 N–H and O–H groups in total. The van der Waals surface area contributed by atoms with Gasteiger partial charge in [0, 0.05) is 25.4 Å². The van der Waals surface area contributed by atoms with Crippen LogP contribution >= 0.6 is 0 Å². The third-order valence-corrected chi connectivity index (χ3v) is 3.78. The van der Waals surface area contributed by atoms with Gasteiger partial charge >= 0.3 is 0 Å². The summed E-state index contributed by atoms with van der Waals surface area (Å²) >= 11 is 0. The molecule has 0 fully saturated rings. The number of nitriles is 1. The van der Waals surface area contributed by atoms with E-state index in [0.717, 1.165) is 29.9 Å². The van der Waals surface area contributed by atoms with E-state index in [9.17, 15) is 5.26 Å². The van der Waals surface area contributed by atoms with Gasteiger partial charge in [-0.05, 0) is 22.8 Å². The molecule has 0 radical (unpaired) electrons. The Kier molecular flexibility index (Phi) is 4.02. The highest BCUT2D eigenvalue weighted by Crippen LogP contribution is 2.23. The van der Waals surface area contributed by atoms with Crippen molar-refractivity contribution in [3.63, 3.8) is 0 Å². The van der Waals surface area contributed by atoms with E-state index in [1.165, 1.54) is 5.56 Å². The molecule has 0 saturated heterocycles. The lowest BCUT2D eigenvalue weighted by atomic mass is 9.99. The Morgan fingerprint density at radius 3 is 2.59 bits per heavy atom. The zero-order chi connectivity index (χ0) is 15.4. The molecule has 0 aliphatic rings. The summed E-state index contributed by atoms with van der Waals surface area (Å²) in [5, 5.41) is 9.20. The topological polar surface area (TPSA) is 41.6 Å². The van der Waals surface area contributed by atoms with Crippen LogP contribution in [-0.2, 0) is 13.0 Å². The minimum atomic E-state index is 0.707. The molecule has 0 amide bonds. The summed E-state index contributed by atoms with van der Waals surface area (Å²) in [6, 6.07) is 18.3. The van der Waals surface area contributed by atoms with Crippen LogP contribution in [-0.4, -0.2) is 9.55 Å². The second-order valence-corrected chi connectivity index (χ2v) is 5.18. The Morgan fingerprint density at radius 1 is 1.09 bits per heavy atom. The molecule has 3 rings (SSSR count). The highest BCUT2D eigenvalue weighted by atomic mass is 15.1. The van der Waals surface area contributed by atoms with E-state index in [2.05, 4.69) is 46.8 Å². The predicted molar refractivity (Wildman–Crippen MR) is 87.3 cm³/mol. The molecule has 3 heteroatoms. The van der Waals surface area contributed by atoms with Gasteiger partial charge in [0.05, 0.1) is 11.6 Å². The van der Waals surface area contributed by atoms with Gasteiger partial charge in [0.1, 0.15) is 5.82 Å². The van der Waals surface area contributed by atoms with Gasteiger partial charge in [-0.3, -0.25) is 0 Å². The Balaban J connectivity index is 1.86. The number of hydrogen-bond donors (Lipinski definition) is 0. The first-order chi connectivity index (χ1) is 10.8. The first-order valence-electron chi connectivity index (χ1n) is 7.40. The summed E-state index contributed by atoms with van der Waals surface area (Å²) in [6.45, 7) is 2.93. The molecule has 0 spiro atoms. The van der Waals surface area contributed by atoms with Crippen LogP contribution in [0.3, 0.4) is 0 Å². The van der Waals surface area contributed by atoms with Gasteiger partial charge in [-0.2, -0.15) is 5.26 Å². The van der Waals surface area contributed by atoms with E-state index in [1.807, 2.05) is 36.7 Å². The van der Waals surface area contributed by atoms with Crippen molar-refractivity contribution < 1.29 is 0 Å². The highest BCUT2D eigenvalue weighted by molar-refractivity contribution is 5.70. The number of benzene rings is 2. The van der Waals surface area contributed by atoms with Gasteiger partial charge in [-0.1, -0.05) is 49.4 Å². The molecule has 1 aromatic heterocycles. The van der Waals surface area contributed by atoms with Crippen molar-refractivity contribution in [2.75, 3.05) is 0 Å². The Hall–Kier alpha value is -2.86. The van der Waals surface area contributed by atoms with Gasteiger partial charge in [-0.15, -0.1) is 0 Å². The van der Waals surface area contributed by atoms with Crippen molar-refractivity contribution in [1.29, 1.82) is 5.26 Å². The fraction of sp³-hybridized carbons (Fsp3) is 0.158. The lowest BCUT2D eigenvalue weighted by molar-refractivity contribution is 0.732. The highest BCUT2D eigenvalue weighted by Gasteiger charge is 2.05. The zero-order valence-corrected chi connectivity index (χ0v) is 12.5. The smallest absolute Gasteiger partial charge is 0.108 e. The number of rotatable bonds is 4. The molecule has 0 saturated carbocycles. The van der Waals surface area contributed by atoms with Crippen LogP contribution in [0.2, 0.25) is 0 Å². The molecule has 0 bridgehead atoms. The second kappa shape index (κ2) is 6.28. The quantitative estimate of drug-likeness (QED) is 0.727. The van der Waals surface area contributed by atoms with Gasteiger partial charge in [0.15, 0.2) is 0 Å². The summed E-state index contributed by atoms with van der Waals surface area (Å²) in [4.78, 5) is 4.35. The van der Waals surface area contributed by atoms with E-state index in [1.54, 1.807) is 0 Å². The van der Waals surface area contributed by atoms with Crippen LogP contribution in [0.1, 0.15) is 23.9 Å². The Labute approximate surface area is 130 Å². The van der Waals surface area contributed by atoms with Crippen LogP contribution < -0.4 is 0 Å². The van der Waals surface area contributed by atoms with Crippen molar-refractivity contribution in [2.45, 2.75) is 19.9 Å². The minimum absolute atomic E-state index is 0.707. The molecular formula is C19H17N3.